The zero-order valence-corrected chi connectivity index (χ0v) is 10.9. The molecule has 1 amide bonds. The number of H-pyrrole nitrogens is 1. The summed E-state index contributed by atoms with van der Waals surface area (Å²) in [6, 6.07) is 11.5. The first kappa shape index (κ1) is 11.8. The second-order valence-corrected chi connectivity index (χ2v) is 4.84. The van der Waals surface area contributed by atoms with Gasteiger partial charge in [-0.15, -0.1) is 0 Å². The van der Waals surface area contributed by atoms with E-state index in [-0.39, 0.29) is 11.7 Å². The third-order valence-corrected chi connectivity index (χ3v) is 3.59. The van der Waals surface area contributed by atoms with Gasteiger partial charge in [-0.1, -0.05) is 6.07 Å². The Labute approximate surface area is 119 Å². The van der Waals surface area contributed by atoms with Crippen molar-refractivity contribution in [3.63, 3.8) is 0 Å². The van der Waals surface area contributed by atoms with Crippen LogP contribution in [0.2, 0.25) is 0 Å². The number of hydrogen-bond donors (Lipinski definition) is 2. The Morgan fingerprint density at radius 2 is 1.81 bits per heavy atom. The summed E-state index contributed by atoms with van der Waals surface area (Å²) in [5.74, 6) is -0.560. The Bertz CT molecular complexity index is 894. The first-order valence-electron chi connectivity index (χ1n) is 6.48. The van der Waals surface area contributed by atoms with Crippen molar-refractivity contribution in [2.75, 3.05) is 0 Å². The Morgan fingerprint density at radius 1 is 1.00 bits per heavy atom. The van der Waals surface area contributed by atoms with Crippen molar-refractivity contribution in [1.29, 1.82) is 0 Å². The van der Waals surface area contributed by atoms with Gasteiger partial charge in [0.15, 0.2) is 0 Å². The van der Waals surface area contributed by atoms with Gasteiger partial charge in [0.1, 0.15) is 11.5 Å². The fourth-order valence-corrected chi connectivity index (χ4v) is 2.62. The zero-order valence-electron chi connectivity index (χ0n) is 10.9. The molecule has 0 bridgehead atoms. The van der Waals surface area contributed by atoms with Crippen molar-refractivity contribution in [2.24, 2.45) is 5.10 Å². The van der Waals surface area contributed by atoms with Crippen LogP contribution in [0.15, 0.2) is 53.8 Å². The molecule has 102 valence electrons. The molecular weight excluding hydrogens is 269 g/mol. The number of halogens is 1. The molecule has 21 heavy (non-hydrogen) atoms. The fraction of sp³-hybridized carbons (Fsp3) is 0. The van der Waals surface area contributed by atoms with Gasteiger partial charge in [-0.25, -0.2) is 9.82 Å². The number of carbonyl (C=O) groups excluding carboxylic acids is 1. The standard InChI is InChI=1S/C16H10FN3O/c17-10-6-4-9(5-7-10)15-12-8-18-13-3-1-2-11(14(12)13)16(21)20-19-15/h1-8,18H,(H,20,21). The van der Waals surface area contributed by atoms with Crippen LogP contribution in [-0.2, 0) is 0 Å². The molecule has 0 radical (unpaired) electrons. The number of benzene rings is 2. The predicted molar refractivity (Wildman–Crippen MR) is 77.8 cm³/mol. The number of carbonyl (C=O) groups is 1. The highest BCUT2D eigenvalue weighted by Crippen LogP contribution is 2.27. The summed E-state index contributed by atoms with van der Waals surface area (Å²) in [4.78, 5) is 15.3. The Hall–Kier alpha value is -2.95. The molecule has 4 nitrogen and oxygen atoms in total. The van der Waals surface area contributed by atoms with E-state index in [1.54, 1.807) is 18.2 Å². The first-order valence-corrected chi connectivity index (χ1v) is 6.48. The van der Waals surface area contributed by atoms with Crippen molar-refractivity contribution in [2.45, 2.75) is 0 Å². The molecule has 2 N–H and O–H groups in total. The van der Waals surface area contributed by atoms with Crippen LogP contribution in [0, 0.1) is 5.82 Å². The number of rotatable bonds is 1. The van der Waals surface area contributed by atoms with Crippen molar-refractivity contribution in [3.05, 3.63) is 71.2 Å². The predicted octanol–water partition coefficient (Wildman–Crippen LogP) is 2.80. The van der Waals surface area contributed by atoms with Crippen molar-refractivity contribution in [1.82, 2.24) is 10.4 Å². The van der Waals surface area contributed by atoms with Gasteiger partial charge in [-0.05, 0) is 36.4 Å². The number of nitrogens with zero attached hydrogens (tertiary/aromatic N) is 1. The zero-order chi connectivity index (χ0) is 14.4. The maximum Gasteiger partial charge on any atom is 0.272 e. The average molecular weight is 279 g/mol. The van der Waals surface area contributed by atoms with Crippen molar-refractivity contribution < 1.29 is 9.18 Å². The Morgan fingerprint density at radius 3 is 2.62 bits per heavy atom. The number of aromatic nitrogens is 1. The molecule has 0 aliphatic carbocycles. The molecular formula is C16H10FN3O. The van der Waals surface area contributed by atoms with Crippen LogP contribution in [0.25, 0.3) is 10.9 Å². The Kier molecular flexibility index (Phi) is 2.41. The average Bonchev–Trinajstić information content (AvgIpc) is 2.86. The molecule has 2 heterocycles. The van der Waals surface area contributed by atoms with E-state index in [0.29, 0.717) is 11.3 Å². The highest BCUT2D eigenvalue weighted by molar-refractivity contribution is 6.24. The highest BCUT2D eigenvalue weighted by Gasteiger charge is 2.21. The van der Waals surface area contributed by atoms with Crippen LogP contribution in [0.1, 0.15) is 21.5 Å². The maximum absolute atomic E-state index is 13.1. The fourth-order valence-electron chi connectivity index (χ4n) is 2.62. The number of nitrogens with one attached hydrogen (secondary N) is 2. The first-order chi connectivity index (χ1) is 10.2. The molecule has 0 saturated heterocycles. The molecule has 0 fully saturated rings. The summed E-state index contributed by atoms with van der Waals surface area (Å²) >= 11 is 0. The van der Waals surface area contributed by atoms with E-state index in [2.05, 4.69) is 15.5 Å². The smallest absolute Gasteiger partial charge is 0.272 e. The van der Waals surface area contributed by atoms with Gasteiger partial charge in [0.05, 0.1) is 5.56 Å². The minimum atomic E-state index is -0.309. The maximum atomic E-state index is 13.1. The van der Waals surface area contributed by atoms with E-state index in [9.17, 15) is 9.18 Å². The van der Waals surface area contributed by atoms with Crippen LogP contribution in [0.5, 0.6) is 0 Å². The number of hydrogen-bond acceptors (Lipinski definition) is 2. The molecule has 1 aliphatic heterocycles. The molecule has 0 atom stereocenters. The number of aromatic amines is 1. The molecule has 3 aromatic rings. The van der Waals surface area contributed by atoms with Gasteiger partial charge in [-0.3, -0.25) is 4.79 Å². The monoisotopic (exact) mass is 279 g/mol. The lowest BCUT2D eigenvalue weighted by molar-refractivity contribution is 0.0957. The topological polar surface area (TPSA) is 57.2 Å². The second kappa shape index (κ2) is 4.28. The summed E-state index contributed by atoms with van der Waals surface area (Å²) in [5, 5.41) is 5.02. The third kappa shape index (κ3) is 1.74. The number of hydrazone groups is 1. The molecule has 1 aromatic heterocycles. The van der Waals surface area contributed by atoms with Crippen molar-refractivity contribution >= 4 is 22.5 Å². The summed E-state index contributed by atoms with van der Waals surface area (Å²) in [5.41, 5.74) is 6.17. The molecule has 0 saturated carbocycles. The van der Waals surface area contributed by atoms with Gasteiger partial charge in [0, 0.05) is 28.2 Å². The highest BCUT2D eigenvalue weighted by atomic mass is 19.1. The normalized spacial score (nSPS) is 13.8. The van der Waals surface area contributed by atoms with Gasteiger partial charge in [0.2, 0.25) is 0 Å². The van der Waals surface area contributed by atoms with Gasteiger partial charge in [-0.2, -0.15) is 5.10 Å². The van der Waals surface area contributed by atoms with E-state index < -0.39 is 0 Å². The summed E-state index contributed by atoms with van der Waals surface area (Å²) < 4.78 is 13.1. The molecule has 4 rings (SSSR count). The van der Waals surface area contributed by atoms with Crippen LogP contribution < -0.4 is 5.43 Å². The van der Waals surface area contributed by atoms with Gasteiger partial charge in [0.25, 0.3) is 5.91 Å². The van der Waals surface area contributed by atoms with E-state index in [4.69, 9.17) is 0 Å². The number of amides is 1. The summed E-state index contributed by atoms with van der Waals surface area (Å²) in [6.07, 6.45) is 1.82. The molecule has 0 unspecified atom stereocenters. The van der Waals surface area contributed by atoms with Crippen LogP contribution >= 0.6 is 0 Å². The van der Waals surface area contributed by atoms with E-state index in [0.717, 1.165) is 22.0 Å². The van der Waals surface area contributed by atoms with E-state index >= 15 is 0 Å². The molecule has 2 aromatic carbocycles. The van der Waals surface area contributed by atoms with Gasteiger partial charge < -0.3 is 4.98 Å². The largest absolute Gasteiger partial charge is 0.360 e. The SMILES string of the molecule is O=C1NN=C(c2ccc(F)cc2)c2c[nH]c3cccc1c23. The van der Waals surface area contributed by atoms with E-state index in [1.807, 2.05) is 18.3 Å². The minimum Gasteiger partial charge on any atom is -0.360 e. The van der Waals surface area contributed by atoms with Gasteiger partial charge >= 0.3 is 0 Å². The van der Waals surface area contributed by atoms with Crippen molar-refractivity contribution in [3.8, 4) is 0 Å². The third-order valence-electron chi connectivity index (χ3n) is 3.59. The second-order valence-electron chi connectivity index (χ2n) is 4.84. The Balaban J connectivity index is 2.01. The van der Waals surface area contributed by atoms with Crippen LogP contribution in [0.4, 0.5) is 4.39 Å². The molecule has 0 spiro atoms. The molecule has 1 aliphatic rings. The summed E-state index contributed by atoms with van der Waals surface area (Å²) in [7, 11) is 0. The molecule has 5 heteroatoms. The quantitative estimate of drug-likeness (QED) is 0.707. The van der Waals surface area contributed by atoms with E-state index in [1.165, 1.54) is 12.1 Å². The lowest BCUT2D eigenvalue weighted by Crippen LogP contribution is -2.17. The van der Waals surface area contributed by atoms with Crippen LogP contribution in [-0.4, -0.2) is 16.6 Å². The van der Waals surface area contributed by atoms with Crippen LogP contribution in [0.3, 0.4) is 0 Å². The lowest BCUT2D eigenvalue weighted by Gasteiger charge is -2.03. The minimum absolute atomic E-state index is 0.251. The lowest BCUT2D eigenvalue weighted by atomic mass is 9.99. The summed E-state index contributed by atoms with van der Waals surface area (Å²) in [6.45, 7) is 0.